The van der Waals surface area contributed by atoms with Crippen molar-refractivity contribution in [3.63, 3.8) is 0 Å². The average Bonchev–Trinajstić information content (AvgIpc) is 3.26. The highest BCUT2D eigenvalue weighted by molar-refractivity contribution is 5.77. The monoisotopic (exact) mass is 872 g/mol. The second-order valence-corrected chi connectivity index (χ2v) is 18.7. The molecule has 3 unspecified atom stereocenters. The fraction of sp³-hybridized carbons (Fsp3) is 0.857. The lowest BCUT2D eigenvalue weighted by molar-refractivity contribution is -0.151. The van der Waals surface area contributed by atoms with Crippen LogP contribution in [0.1, 0.15) is 284 Å². The molecule has 364 valence electrons. The van der Waals surface area contributed by atoms with E-state index in [1.54, 1.807) is 0 Å². The number of carbonyl (C=O) groups excluding carboxylic acids is 2. The van der Waals surface area contributed by atoms with Crippen molar-refractivity contribution in [1.82, 2.24) is 5.32 Å². The van der Waals surface area contributed by atoms with Gasteiger partial charge in [-0.05, 0) is 77.0 Å². The highest BCUT2D eigenvalue weighted by atomic mass is 16.5. The molecule has 6 heteroatoms. The number of hydrogen-bond donors (Lipinski definition) is 3. The molecule has 0 spiro atoms. The van der Waals surface area contributed by atoms with Crippen LogP contribution in [0, 0.1) is 0 Å². The van der Waals surface area contributed by atoms with Gasteiger partial charge in [0.2, 0.25) is 5.91 Å². The van der Waals surface area contributed by atoms with E-state index in [9.17, 15) is 19.8 Å². The Hall–Kier alpha value is -1.92. The van der Waals surface area contributed by atoms with Crippen molar-refractivity contribution in [3.8, 4) is 0 Å². The van der Waals surface area contributed by atoms with E-state index >= 15 is 0 Å². The Bertz CT molecular complexity index is 1020. The molecule has 0 fully saturated rings. The summed E-state index contributed by atoms with van der Waals surface area (Å²) in [5.41, 5.74) is 0. The van der Waals surface area contributed by atoms with Gasteiger partial charge in [-0.3, -0.25) is 9.59 Å². The fourth-order valence-electron chi connectivity index (χ4n) is 8.30. The molecular formula is C56H105NO5. The largest absolute Gasteiger partial charge is 0.462 e. The zero-order chi connectivity index (χ0) is 45.2. The van der Waals surface area contributed by atoms with Crippen molar-refractivity contribution in [2.24, 2.45) is 0 Å². The number of unbranched alkanes of at least 4 members (excludes halogenated alkanes) is 32. The number of ether oxygens (including phenoxy) is 1. The van der Waals surface area contributed by atoms with Gasteiger partial charge >= 0.3 is 5.97 Å². The third kappa shape index (κ3) is 44.7. The first-order valence-corrected chi connectivity index (χ1v) is 27.2. The molecule has 0 aromatic rings. The SMILES string of the molecule is CCCCC/C=C/C=C/CCCCCCC(CC(=O)NC(CO)C(O)CCCCCCCCCCCCCCCCCC)OC(=O)CCCCC/C=C\CCCCCCCCC. The molecule has 62 heavy (non-hydrogen) atoms. The predicted octanol–water partition coefficient (Wildman–Crippen LogP) is 16.5. The van der Waals surface area contributed by atoms with Gasteiger partial charge in [-0.15, -0.1) is 0 Å². The number of amides is 1. The van der Waals surface area contributed by atoms with E-state index in [-0.39, 0.29) is 24.9 Å². The maximum Gasteiger partial charge on any atom is 0.306 e. The summed E-state index contributed by atoms with van der Waals surface area (Å²) in [6.07, 6.45) is 59.2. The summed E-state index contributed by atoms with van der Waals surface area (Å²) in [5.74, 6) is -0.503. The Morgan fingerprint density at radius 2 is 0.823 bits per heavy atom. The van der Waals surface area contributed by atoms with Gasteiger partial charge in [0.15, 0.2) is 0 Å². The minimum atomic E-state index is -0.794. The lowest BCUT2D eigenvalue weighted by Gasteiger charge is -2.24. The standard InChI is InChI=1S/C56H105NO5/c1-4-7-10-13-16-19-22-25-27-28-30-33-36-39-42-45-48-54(59)53(51-58)57-55(60)50-52(47-44-41-38-35-32-29-24-21-18-15-12-9-6-3)62-56(61)49-46-43-40-37-34-31-26-23-20-17-14-11-8-5-2/h18,21,24,29,31,34,52-54,58-59H,4-17,19-20,22-23,25-28,30,32-33,35-51H2,1-3H3,(H,57,60)/b21-18+,29-24+,34-31-. The number of hydrogen-bond acceptors (Lipinski definition) is 5. The fourth-order valence-corrected chi connectivity index (χ4v) is 8.30. The van der Waals surface area contributed by atoms with Crippen LogP contribution in [0.25, 0.3) is 0 Å². The van der Waals surface area contributed by atoms with Crippen LogP contribution < -0.4 is 5.32 Å². The smallest absolute Gasteiger partial charge is 0.306 e. The van der Waals surface area contributed by atoms with Crippen LogP contribution >= 0.6 is 0 Å². The third-order valence-corrected chi connectivity index (χ3v) is 12.5. The Balaban J connectivity index is 4.56. The first kappa shape index (κ1) is 60.1. The summed E-state index contributed by atoms with van der Waals surface area (Å²) in [6.45, 7) is 6.46. The number of allylic oxidation sites excluding steroid dienone is 6. The lowest BCUT2D eigenvalue weighted by Crippen LogP contribution is -2.46. The van der Waals surface area contributed by atoms with Crippen LogP contribution in [-0.4, -0.2) is 46.9 Å². The van der Waals surface area contributed by atoms with Crippen LogP contribution in [0.15, 0.2) is 36.5 Å². The quantitative estimate of drug-likeness (QED) is 0.0245. The molecule has 0 bridgehead atoms. The van der Waals surface area contributed by atoms with Gasteiger partial charge in [0.05, 0.1) is 25.2 Å². The summed E-state index contributed by atoms with van der Waals surface area (Å²) < 4.78 is 5.92. The Morgan fingerprint density at radius 1 is 0.468 bits per heavy atom. The Labute approximate surface area is 385 Å². The van der Waals surface area contributed by atoms with E-state index in [4.69, 9.17) is 4.74 Å². The molecule has 0 aromatic carbocycles. The van der Waals surface area contributed by atoms with Gasteiger partial charge in [-0.2, -0.15) is 0 Å². The maximum atomic E-state index is 13.2. The van der Waals surface area contributed by atoms with Crippen molar-refractivity contribution in [3.05, 3.63) is 36.5 Å². The van der Waals surface area contributed by atoms with Gasteiger partial charge in [0, 0.05) is 6.42 Å². The maximum absolute atomic E-state index is 13.2. The molecule has 1 amide bonds. The number of rotatable bonds is 49. The molecule has 0 radical (unpaired) electrons. The summed E-state index contributed by atoms with van der Waals surface area (Å²) >= 11 is 0. The molecule has 0 saturated carbocycles. The average molecular weight is 872 g/mol. The van der Waals surface area contributed by atoms with Crippen LogP contribution in [0.4, 0.5) is 0 Å². The van der Waals surface area contributed by atoms with E-state index in [0.717, 1.165) is 83.5 Å². The van der Waals surface area contributed by atoms with Crippen LogP contribution in [0.3, 0.4) is 0 Å². The number of aliphatic hydroxyl groups excluding tert-OH is 2. The van der Waals surface area contributed by atoms with Crippen molar-refractivity contribution >= 4 is 11.9 Å². The van der Waals surface area contributed by atoms with Gasteiger partial charge in [-0.1, -0.05) is 231 Å². The van der Waals surface area contributed by atoms with Crippen molar-refractivity contribution < 1.29 is 24.5 Å². The highest BCUT2D eigenvalue weighted by Gasteiger charge is 2.24. The topological polar surface area (TPSA) is 95.9 Å². The summed E-state index contributed by atoms with van der Waals surface area (Å²) in [4.78, 5) is 26.2. The zero-order valence-electron chi connectivity index (χ0n) is 41.5. The normalized spacial score (nSPS) is 13.4. The van der Waals surface area contributed by atoms with Crippen LogP contribution in [0.2, 0.25) is 0 Å². The molecule has 0 aromatic heterocycles. The minimum absolute atomic E-state index is 0.0604. The molecule has 0 saturated heterocycles. The highest BCUT2D eigenvalue weighted by Crippen LogP contribution is 2.18. The van der Waals surface area contributed by atoms with E-state index < -0.39 is 18.2 Å². The molecule has 0 rings (SSSR count). The number of nitrogens with one attached hydrogen (secondary N) is 1. The summed E-state index contributed by atoms with van der Waals surface area (Å²) in [5, 5.41) is 23.8. The molecule has 0 aliphatic rings. The molecular weight excluding hydrogens is 767 g/mol. The van der Waals surface area contributed by atoms with Gasteiger partial charge in [0.1, 0.15) is 6.10 Å². The second kappa shape index (κ2) is 50.1. The number of esters is 1. The van der Waals surface area contributed by atoms with E-state index in [0.29, 0.717) is 19.3 Å². The van der Waals surface area contributed by atoms with Crippen LogP contribution in [-0.2, 0) is 14.3 Å². The van der Waals surface area contributed by atoms with Gasteiger partial charge < -0.3 is 20.3 Å². The third-order valence-electron chi connectivity index (χ3n) is 12.5. The second-order valence-electron chi connectivity index (χ2n) is 18.7. The number of aliphatic hydroxyl groups is 2. The molecule has 3 N–H and O–H groups in total. The van der Waals surface area contributed by atoms with Gasteiger partial charge in [0.25, 0.3) is 0 Å². The predicted molar refractivity (Wildman–Crippen MR) is 269 cm³/mol. The van der Waals surface area contributed by atoms with Crippen LogP contribution in [0.5, 0.6) is 0 Å². The molecule has 6 nitrogen and oxygen atoms in total. The summed E-state index contributed by atoms with van der Waals surface area (Å²) in [7, 11) is 0. The molecule has 0 aliphatic carbocycles. The molecule has 0 aliphatic heterocycles. The Kier molecular flexibility index (Phi) is 48.5. The first-order chi connectivity index (χ1) is 30.5. The van der Waals surface area contributed by atoms with Crippen molar-refractivity contribution in [2.75, 3.05) is 6.61 Å². The van der Waals surface area contributed by atoms with E-state index in [1.807, 2.05) is 0 Å². The molecule has 3 atom stereocenters. The van der Waals surface area contributed by atoms with Gasteiger partial charge in [-0.25, -0.2) is 0 Å². The van der Waals surface area contributed by atoms with Crippen molar-refractivity contribution in [2.45, 2.75) is 302 Å². The number of carbonyl (C=O) groups is 2. The summed E-state index contributed by atoms with van der Waals surface area (Å²) in [6, 6.07) is -0.709. The van der Waals surface area contributed by atoms with E-state index in [1.165, 1.54) is 154 Å². The first-order valence-electron chi connectivity index (χ1n) is 27.2. The Morgan fingerprint density at radius 3 is 1.27 bits per heavy atom. The lowest BCUT2D eigenvalue weighted by atomic mass is 10.0. The van der Waals surface area contributed by atoms with Crippen molar-refractivity contribution in [1.29, 1.82) is 0 Å². The minimum Gasteiger partial charge on any atom is -0.462 e. The van der Waals surface area contributed by atoms with E-state index in [2.05, 4.69) is 62.5 Å². The zero-order valence-corrected chi connectivity index (χ0v) is 41.5. The molecule has 0 heterocycles.